The zero-order valence-electron chi connectivity index (χ0n) is 11.7. The van der Waals surface area contributed by atoms with Crippen LogP contribution >= 0.6 is 0 Å². The maximum atomic E-state index is 12.3. The van der Waals surface area contributed by atoms with E-state index in [-0.39, 0.29) is 29.1 Å². The van der Waals surface area contributed by atoms with Crippen molar-refractivity contribution in [3.63, 3.8) is 0 Å². The molecule has 5 N–H and O–H groups in total. The molecule has 0 saturated heterocycles. The number of carbonyl (C=O) groups is 1. The Bertz CT molecular complexity index is 559. The van der Waals surface area contributed by atoms with E-state index in [0.29, 0.717) is 5.75 Å². The lowest BCUT2D eigenvalue weighted by Gasteiger charge is -2.20. The van der Waals surface area contributed by atoms with Crippen LogP contribution in [0.4, 0.5) is 0 Å². The average Bonchev–Trinajstić information content (AvgIpc) is 2.95. The third-order valence-corrected chi connectivity index (χ3v) is 3.78. The molecule has 21 heavy (non-hydrogen) atoms. The van der Waals surface area contributed by atoms with Crippen molar-refractivity contribution in [3.8, 4) is 11.5 Å². The normalized spacial score (nSPS) is 22.0. The van der Waals surface area contributed by atoms with Crippen LogP contribution in [-0.4, -0.2) is 35.2 Å². The first-order chi connectivity index (χ1) is 10.1. The number of hydrogen-bond acceptors (Lipinski definition) is 5. The Kier molecular flexibility index (Phi) is 4.52. The molecule has 1 fully saturated rings. The highest BCUT2D eigenvalue weighted by Gasteiger charge is 2.32. The Balaban J connectivity index is 2.14. The molecule has 114 valence electrons. The van der Waals surface area contributed by atoms with Gasteiger partial charge in [-0.2, -0.15) is 0 Å². The Morgan fingerprint density at radius 3 is 2.90 bits per heavy atom. The van der Waals surface area contributed by atoms with E-state index in [0.717, 1.165) is 19.3 Å². The molecule has 0 heterocycles. The van der Waals surface area contributed by atoms with E-state index in [9.17, 15) is 9.90 Å². The molecule has 0 aliphatic heterocycles. The summed E-state index contributed by atoms with van der Waals surface area (Å²) >= 11 is 0. The predicted octanol–water partition coefficient (Wildman–Crippen LogP) is 1.05. The Labute approximate surface area is 122 Å². The lowest BCUT2D eigenvalue weighted by Crippen LogP contribution is -2.42. The molecule has 1 aromatic carbocycles. The first-order valence-electron chi connectivity index (χ1n) is 6.72. The highest BCUT2D eigenvalue weighted by Crippen LogP contribution is 2.28. The second-order valence-electron chi connectivity index (χ2n) is 5.03. The van der Waals surface area contributed by atoms with Crippen molar-refractivity contribution in [2.75, 3.05) is 7.11 Å². The van der Waals surface area contributed by atoms with E-state index in [1.54, 1.807) is 6.07 Å². The summed E-state index contributed by atoms with van der Waals surface area (Å²) in [6.45, 7) is 0. The van der Waals surface area contributed by atoms with Crippen LogP contribution in [0.5, 0.6) is 11.5 Å². The van der Waals surface area contributed by atoms with Gasteiger partial charge in [0.2, 0.25) is 0 Å². The highest BCUT2D eigenvalue weighted by molar-refractivity contribution is 5.98. The van der Waals surface area contributed by atoms with Crippen LogP contribution in [0.3, 0.4) is 0 Å². The maximum absolute atomic E-state index is 12.3. The van der Waals surface area contributed by atoms with Crippen LogP contribution in [0.25, 0.3) is 0 Å². The van der Waals surface area contributed by atoms with Gasteiger partial charge in [0.15, 0.2) is 0 Å². The van der Waals surface area contributed by atoms with Gasteiger partial charge in [-0.3, -0.25) is 4.79 Å². The van der Waals surface area contributed by atoms with Crippen molar-refractivity contribution in [1.82, 2.24) is 5.32 Å². The molecule has 2 atom stereocenters. The third-order valence-electron chi connectivity index (χ3n) is 3.78. The number of amidine groups is 1. The van der Waals surface area contributed by atoms with Gasteiger partial charge >= 0.3 is 0 Å². The van der Waals surface area contributed by atoms with E-state index < -0.39 is 5.91 Å². The van der Waals surface area contributed by atoms with Gasteiger partial charge < -0.3 is 26.1 Å². The van der Waals surface area contributed by atoms with E-state index in [1.807, 2.05) is 0 Å². The number of oxime groups is 1. The van der Waals surface area contributed by atoms with Crippen LogP contribution in [0.15, 0.2) is 23.4 Å². The zero-order chi connectivity index (χ0) is 15.4. The van der Waals surface area contributed by atoms with E-state index in [1.165, 1.54) is 19.2 Å². The smallest absolute Gasteiger partial charge is 0.255 e. The van der Waals surface area contributed by atoms with Gasteiger partial charge in [-0.25, -0.2) is 0 Å². The van der Waals surface area contributed by atoms with Crippen LogP contribution in [-0.2, 0) is 0 Å². The number of nitrogens with zero attached hydrogens (tertiary/aromatic N) is 1. The largest absolute Gasteiger partial charge is 0.507 e. The van der Waals surface area contributed by atoms with Gasteiger partial charge in [-0.1, -0.05) is 11.6 Å². The summed E-state index contributed by atoms with van der Waals surface area (Å²) in [6, 6.07) is 4.24. The number of benzene rings is 1. The topological polar surface area (TPSA) is 117 Å². The summed E-state index contributed by atoms with van der Waals surface area (Å²) in [4.78, 5) is 12.3. The number of ether oxygens (including phenoxy) is 1. The van der Waals surface area contributed by atoms with Gasteiger partial charge in [-0.15, -0.1) is 0 Å². The molecule has 0 aromatic heterocycles. The molecular weight excluding hydrogens is 274 g/mol. The number of methoxy groups -OCH3 is 1. The minimum atomic E-state index is -0.408. The Morgan fingerprint density at radius 1 is 1.48 bits per heavy atom. The summed E-state index contributed by atoms with van der Waals surface area (Å²) in [7, 11) is 1.49. The number of amides is 1. The number of aromatic hydroxyl groups is 1. The van der Waals surface area contributed by atoms with Crippen molar-refractivity contribution in [2.24, 2.45) is 16.8 Å². The second-order valence-corrected chi connectivity index (χ2v) is 5.03. The minimum absolute atomic E-state index is 0.118. The van der Waals surface area contributed by atoms with E-state index in [2.05, 4.69) is 10.5 Å². The fourth-order valence-electron chi connectivity index (χ4n) is 2.63. The van der Waals surface area contributed by atoms with E-state index in [4.69, 9.17) is 15.7 Å². The molecule has 0 spiro atoms. The molecule has 1 saturated carbocycles. The molecule has 2 rings (SSSR count). The fraction of sp³-hybridized carbons (Fsp3) is 0.429. The molecule has 2 unspecified atom stereocenters. The molecular formula is C14H19N3O4. The average molecular weight is 293 g/mol. The van der Waals surface area contributed by atoms with Gasteiger partial charge in [0.1, 0.15) is 17.3 Å². The first kappa shape index (κ1) is 15.0. The van der Waals surface area contributed by atoms with Crippen LogP contribution < -0.4 is 15.8 Å². The van der Waals surface area contributed by atoms with Gasteiger partial charge in [0.05, 0.1) is 12.7 Å². The molecule has 7 nitrogen and oxygen atoms in total. The number of phenolic OH excluding ortho intramolecular Hbond substituents is 1. The second kappa shape index (κ2) is 6.34. The SMILES string of the molecule is COc1ccc(O)c(C(=O)NC2CCCC2C(N)=NO)c1. The quantitative estimate of drug-likeness (QED) is 0.286. The van der Waals surface area contributed by atoms with Crippen molar-refractivity contribution in [3.05, 3.63) is 23.8 Å². The van der Waals surface area contributed by atoms with Crippen molar-refractivity contribution >= 4 is 11.7 Å². The molecule has 1 aliphatic carbocycles. The number of phenols is 1. The highest BCUT2D eigenvalue weighted by atomic mass is 16.5. The lowest BCUT2D eigenvalue weighted by atomic mass is 10.0. The molecule has 0 bridgehead atoms. The maximum Gasteiger partial charge on any atom is 0.255 e. The monoisotopic (exact) mass is 293 g/mol. The van der Waals surface area contributed by atoms with Crippen molar-refractivity contribution < 1.29 is 19.8 Å². The van der Waals surface area contributed by atoms with Crippen LogP contribution in [0, 0.1) is 5.92 Å². The van der Waals surface area contributed by atoms with Gasteiger partial charge in [0.25, 0.3) is 5.91 Å². The van der Waals surface area contributed by atoms with Gasteiger partial charge in [-0.05, 0) is 31.0 Å². The molecule has 1 amide bonds. The Hall–Kier alpha value is -2.44. The number of carbonyl (C=O) groups excluding carboxylic acids is 1. The van der Waals surface area contributed by atoms with Gasteiger partial charge in [0, 0.05) is 12.0 Å². The Morgan fingerprint density at radius 2 is 2.24 bits per heavy atom. The summed E-state index contributed by atoms with van der Waals surface area (Å²) in [5.74, 6) is -0.114. The summed E-state index contributed by atoms with van der Waals surface area (Å²) in [5.41, 5.74) is 5.78. The summed E-state index contributed by atoms with van der Waals surface area (Å²) < 4.78 is 5.04. The summed E-state index contributed by atoms with van der Waals surface area (Å²) in [5, 5.41) is 24.4. The molecule has 1 aromatic rings. The third kappa shape index (κ3) is 3.18. The standard InChI is InChI=1S/C14H19N3O4/c1-21-8-5-6-12(18)10(7-8)14(19)16-11-4-2-3-9(11)13(15)17-20/h5-7,9,11,18,20H,2-4H2,1H3,(H2,15,17)(H,16,19). The fourth-order valence-corrected chi connectivity index (χ4v) is 2.63. The van der Waals surface area contributed by atoms with Crippen LogP contribution in [0.1, 0.15) is 29.6 Å². The van der Waals surface area contributed by atoms with E-state index >= 15 is 0 Å². The number of rotatable bonds is 4. The lowest BCUT2D eigenvalue weighted by molar-refractivity contribution is 0.0930. The molecule has 0 radical (unpaired) electrons. The molecule has 1 aliphatic rings. The summed E-state index contributed by atoms with van der Waals surface area (Å²) in [6.07, 6.45) is 2.39. The predicted molar refractivity (Wildman–Crippen MR) is 76.7 cm³/mol. The van der Waals surface area contributed by atoms with Crippen LogP contribution in [0.2, 0.25) is 0 Å². The number of nitrogens with one attached hydrogen (secondary N) is 1. The number of nitrogens with two attached hydrogens (primary N) is 1. The number of hydrogen-bond donors (Lipinski definition) is 4. The minimum Gasteiger partial charge on any atom is -0.507 e. The first-order valence-corrected chi connectivity index (χ1v) is 6.72. The zero-order valence-corrected chi connectivity index (χ0v) is 11.7. The molecule has 7 heteroatoms. The van der Waals surface area contributed by atoms with Crippen molar-refractivity contribution in [2.45, 2.75) is 25.3 Å². The van der Waals surface area contributed by atoms with Crippen molar-refractivity contribution in [1.29, 1.82) is 0 Å².